The third-order valence-corrected chi connectivity index (χ3v) is 6.85. The van der Waals surface area contributed by atoms with E-state index in [2.05, 4.69) is 20.7 Å². The number of carbonyl (C=O) groups excluding carboxylic acids is 2. The monoisotopic (exact) mass is 558 g/mol. The molecular weight excluding hydrogens is 524 g/mol. The molecule has 4 rings (SSSR count). The number of hydrogen-bond donors (Lipinski definition) is 3. The summed E-state index contributed by atoms with van der Waals surface area (Å²) < 4.78 is 3.01. The van der Waals surface area contributed by atoms with E-state index in [1.165, 1.54) is 30.1 Å². The molecule has 0 radical (unpaired) electrons. The standard InChI is InChI=1S/C30H34N6O5/c1-17(2)11-25(33-28(39)21-7-6-10-35(4)30(21)41)29(40)32-24(13-26(37)38)19-12-20(15-31-14-19)27-18(3)8-9-23-22(27)16-36(5)34-23/h6-10,12,14-17,24-25H,11,13H2,1-5H3,(H,32,40)(H,33,39)(H,37,38)/t24-,25-/m0/s1. The van der Waals surface area contributed by atoms with Crippen LogP contribution in [-0.4, -0.2) is 48.3 Å². The minimum Gasteiger partial charge on any atom is -0.481 e. The first-order chi connectivity index (χ1) is 19.4. The highest BCUT2D eigenvalue weighted by molar-refractivity contribution is 5.98. The molecule has 3 N–H and O–H groups in total. The zero-order valence-corrected chi connectivity index (χ0v) is 23.7. The molecular formula is C30H34N6O5. The molecule has 0 bridgehead atoms. The molecule has 0 saturated heterocycles. The maximum atomic E-state index is 13.5. The number of amides is 2. The molecule has 41 heavy (non-hydrogen) atoms. The van der Waals surface area contributed by atoms with Crippen molar-refractivity contribution in [3.8, 4) is 11.1 Å². The molecule has 4 aromatic rings. The number of carbonyl (C=O) groups is 3. The van der Waals surface area contributed by atoms with E-state index in [1.807, 2.05) is 52.2 Å². The maximum Gasteiger partial charge on any atom is 0.305 e. The van der Waals surface area contributed by atoms with E-state index >= 15 is 0 Å². The lowest BCUT2D eigenvalue weighted by molar-refractivity contribution is -0.137. The average Bonchev–Trinajstić information content (AvgIpc) is 3.28. The number of aryl methyl sites for hydroxylation is 3. The summed E-state index contributed by atoms with van der Waals surface area (Å²) in [7, 11) is 3.38. The zero-order valence-electron chi connectivity index (χ0n) is 23.7. The smallest absolute Gasteiger partial charge is 0.305 e. The van der Waals surface area contributed by atoms with Crippen molar-refractivity contribution in [1.29, 1.82) is 0 Å². The predicted molar refractivity (Wildman–Crippen MR) is 154 cm³/mol. The lowest BCUT2D eigenvalue weighted by atomic mass is 9.95. The summed E-state index contributed by atoms with van der Waals surface area (Å²) in [5.41, 5.74) is 3.42. The second kappa shape index (κ2) is 12.2. The summed E-state index contributed by atoms with van der Waals surface area (Å²) in [6.07, 6.45) is 6.56. The van der Waals surface area contributed by atoms with Crippen LogP contribution >= 0.6 is 0 Å². The number of carboxylic acids is 1. The Morgan fingerprint density at radius 3 is 2.54 bits per heavy atom. The number of nitrogens with one attached hydrogen (secondary N) is 2. The summed E-state index contributed by atoms with van der Waals surface area (Å²) >= 11 is 0. The molecule has 1 aromatic carbocycles. The fourth-order valence-electron chi connectivity index (χ4n) is 4.90. The van der Waals surface area contributed by atoms with Crippen LogP contribution in [0.5, 0.6) is 0 Å². The van der Waals surface area contributed by atoms with E-state index in [1.54, 1.807) is 16.9 Å². The number of carboxylic acid groups (broad SMARTS) is 1. The second-order valence-electron chi connectivity index (χ2n) is 10.7. The van der Waals surface area contributed by atoms with E-state index in [0.29, 0.717) is 5.56 Å². The van der Waals surface area contributed by atoms with Crippen LogP contribution in [0, 0.1) is 12.8 Å². The van der Waals surface area contributed by atoms with Gasteiger partial charge in [0.2, 0.25) is 5.91 Å². The molecule has 214 valence electrons. The second-order valence-corrected chi connectivity index (χ2v) is 10.7. The lowest BCUT2D eigenvalue weighted by Crippen LogP contribution is -2.49. The predicted octanol–water partition coefficient (Wildman–Crippen LogP) is 3.12. The number of hydrogen-bond acceptors (Lipinski definition) is 6. The molecule has 0 aliphatic rings. The number of nitrogens with zero attached hydrogens (tertiary/aromatic N) is 4. The highest BCUT2D eigenvalue weighted by atomic mass is 16.4. The van der Waals surface area contributed by atoms with E-state index in [0.717, 1.165) is 27.6 Å². The Morgan fingerprint density at radius 2 is 1.83 bits per heavy atom. The van der Waals surface area contributed by atoms with Crippen LogP contribution in [-0.2, 0) is 23.7 Å². The van der Waals surface area contributed by atoms with Crippen molar-refractivity contribution >= 4 is 28.7 Å². The molecule has 0 spiro atoms. The largest absolute Gasteiger partial charge is 0.481 e. The fraction of sp³-hybridized carbons (Fsp3) is 0.333. The van der Waals surface area contributed by atoms with Crippen LogP contribution in [0.25, 0.3) is 22.0 Å². The van der Waals surface area contributed by atoms with Gasteiger partial charge in [-0.1, -0.05) is 19.9 Å². The molecule has 2 amide bonds. The molecule has 0 aliphatic heterocycles. The minimum atomic E-state index is -1.11. The normalized spacial score (nSPS) is 12.7. The van der Waals surface area contributed by atoms with Gasteiger partial charge in [-0.05, 0) is 60.2 Å². The van der Waals surface area contributed by atoms with E-state index in [-0.39, 0.29) is 17.9 Å². The van der Waals surface area contributed by atoms with Gasteiger partial charge in [0.25, 0.3) is 11.5 Å². The third-order valence-electron chi connectivity index (χ3n) is 6.85. The van der Waals surface area contributed by atoms with Crippen LogP contribution in [0.3, 0.4) is 0 Å². The molecule has 11 heteroatoms. The summed E-state index contributed by atoms with van der Waals surface area (Å²) in [6, 6.07) is 6.78. The van der Waals surface area contributed by atoms with Gasteiger partial charge in [-0.2, -0.15) is 5.10 Å². The number of rotatable bonds is 10. The quantitative estimate of drug-likeness (QED) is 0.271. The Morgan fingerprint density at radius 1 is 1.07 bits per heavy atom. The van der Waals surface area contributed by atoms with Crippen molar-refractivity contribution in [3.05, 3.63) is 82.2 Å². The molecule has 0 saturated carbocycles. The average molecular weight is 559 g/mol. The van der Waals surface area contributed by atoms with Crippen molar-refractivity contribution in [2.75, 3.05) is 0 Å². The Hall–Kier alpha value is -4.80. The molecule has 3 heterocycles. The van der Waals surface area contributed by atoms with Gasteiger partial charge >= 0.3 is 5.97 Å². The van der Waals surface area contributed by atoms with Crippen molar-refractivity contribution < 1.29 is 19.5 Å². The van der Waals surface area contributed by atoms with Crippen LogP contribution in [0.15, 0.2) is 59.9 Å². The van der Waals surface area contributed by atoms with Gasteiger partial charge in [0.15, 0.2) is 0 Å². The van der Waals surface area contributed by atoms with Gasteiger partial charge in [-0.25, -0.2) is 0 Å². The molecule has 0 fully saturated rings. The molecule has 0 unspecified atom stereocenters. The summed E-state index contributed by atoms with van der Waals surface area (Å²) in [6.45, 7) is 5.78. The fourth-order valence-corrected chi connectivity index (χ4v) is 4.90. The topological polar surface area (TPSA) is 148 Å². The van der Waals surface area contributed by atoms with Crippen LogP contribution in [0.1, 0.15) is 54.2 Å². The van der Waals surface area contributed by atoms with E-state index in [9.17, 15) is 24.3 Å². The first kappa shape index (κ1) is 29.2. The first-order valence-corrected chi connectivity index (χ1v) is 13.3. The highest BCUT2D eigenvalue weighted by Gasteiger charge is 2.28. The Balaban J connectivity index is 1.65. The molecule has 2 atom stereocenters. The van der Waals surface area contributed by atoms with Gasteiger partial charge in [0.05, 0.1) is 18.0 Å². The van der Waals surface area contributed by atoms with E-state index < -0.39 is 41.8 Å². The Labute approximate surface area is 237 Å². The van der Waals surface area contributed by atoms with Crippen molar-refractivity contribution in [3.63, 3.8) is 0 Å². The van der Waals surface area contributed by atoms with Crippen molar-refractivity contribution in [2.24, 2.45) is 20.0 Å². The van der Waals surface area contributed by atoms with Crippen molar-refractivity contribution in [2.45, 2.75) is 45.7 Å². The number of aromatic nitrogens is 4. The van der Waals surface area contributed by atoms with Gasteiger partial charge in [0, 0.05) is 49.8 Å². The molecule has 11 nitrogen and oxygen atoms in total. The minimum absolute atomic E-state index is 0.0236. The highest BCUT2D eigenvalue weighted by Crippen LogP contribution is 2.32. The van der Waals surface area contributed by atoms with Gasteiger partial charge in [-0.3, -0.25) is 28.8 Å². The third kappa shape index (κ3) is 6.68. The Bertz CT molecular complexity index is 1670. The summed E-state index contributed by atoms with van der Waals surface area (Å²) in [4.78, 5) is 55.2. The number of fused-ring (bicyclic) bond motifs is 1. The van der Waals surface area contributed by atoms with Gasteiger partial charge < -0.3 is 20.3 Å². The Kier molecular flexibility index (Phi) is 8.65. The van der Waals surface area contributed by atoms with Gasteiger partial charge in [-0.15, -0.1) is 0 Å². The summed E-state index contributed by atoms with van der Waals surface area (Å²) in [5, 5.41) is 20.6. The summed E-state index contributed by atoms with van der Waals surface area (Å²) in [5.74, 6) is -2.31. The first-order valence-electron chi connectivity index (χ1n) is 13.3. The van der Waals surface area contributed by atoms with Gasteiger partial charge in [0.1, 0.15) is 11.6 Å². The van der Waals surface area contributed by atoms with Crippen LogP contribution < -0.4 is 16.2 Å². The van der Waals surface area contributed by atoms with Crippen LogP contribution in [0.4, 0.5) is 0 Å². The van der Waals surface area contributed by atoms with Crippen molar-refractivity contribution in [1.82, 2.24) is 30.0 Å². The molecule has 3 aromatic heterocycles. The zero-order chi connectivity index (χ0) is 29.8. The number of benzene rings is 1. The lowest BCUT2D eigenvalue weighted by Gasteiger charge is -2.24. The number of aliphatic carboxylic acids is 1. The SMILES string of the molecule is Cc1ccc2nn(C)cc2c1-c1cncc([C@H](CC(=O)O)NC(=O)[C@H](CC(C)C)NC(=O)c2cccn(C)c2=O)c1. The van der Waals surface area contributed by atoms with E-state index in [4.69, 9.17) is 0 Å². The van der Waals surface area contributed by atoms with Crippen LogP contribution in [0.2, 0.25) is 0 Å². The molecule has 0 aliphatic carbocycles. The maximum absolute atomic E-state index is 13.5. The number of pyridine rings is 2.